The summed E-state index contributed by atoms with van der Waals surface area (Å²) in [5.41, 5.74) is 9.02. The number of amides is 1. The molecule has 0 aliphatic heterocycles. The van der Waals surface area contributed by atoms with Gasteiger partial charge in [-0.1, -0.05) is 44.2 Å². The minimum Gasteiger partial charge on any atom is -0.384 e. The van der Waals surface area contributed by atoms with Gasteiger partial charge < -0.3 is 20.6 Å². The minimum absolute atomic E-state index is 0.0215. The summed E-state index contributed by atoms with van der Waals surface area (Å²) >= 11 is 0. The van der Waals surface area contributed by atoms with Gasteiger partial charge in [-0.25, -0.2) is 4.79 Å². The number of nitrogens with two attached hydrogens (primary N) is 1. The summed E-state index contributed by atoms with van der Waals surface area (Å²) in [6, 6.07) is 19.0. The molecular weight excluding hydrogens is 492 g/mol. The number of benzene rings is 3. The van der Waals surface area contributed by atoms with Crippen LogP contribution < -0.4 is 16.4 Å². The fraction of sp³-hybridized carbons (Fsp3) is 0.222. The van der Waals surface area contributed by atoms with E-state index in [0.29, 0.717) is 29.8 Å². The molecule has 0 saturated heterocycles. The van der Waals surface area contributed by atoms with E-state index in [2.05, 4.69) is 14.8 Å². The number of nitrogens with one attached hydrogen (secondary N) is 3. The van der Waals surface area contributed by atoms with Crippen LogP contribution in [0, 0.1) is 11.3 Å². The Bertz CT molecular complexity index is 1420. The predicted molar refractivity (Wildman–Crippen MR) is 144 cm³/mol. The number of amidine groups is 1. The third-order valence-corrected chi connectivity index (χ3v) is 5.84. The third kappa shape index (κ3) is 7.65. The van der Waals surface area contributed by atoms with Crippen molar-refractivity contribution in [2.75, 3.05) is 18.1 Å². The van der Waals surface area contributed by atoms with Crippen LogP contribution in [0.1, 0.15) is 45.7 Å². The molecule has 1 amide bonds. The van der Waals surface area contributed by atoms with Crippen LogP contribution in [0.15, 0.2) is 66.7 Å². The van der Waals surface area contributed by atoms with Crippen molar-refractivity contribution in [1.29, 1.82) is 5.41 Å². The van der Waals surface area contributed by atoms with E-state index in [0.717, 1.165) is 17.5 Å². The molecule has 0 saturated carbocycles. The zero-order valence-electron chi connectivity index (χ0n) is 20.9. The summed E-state index contributed by atoms with van der Waals surface area (Å²) in [6.07, 6.45) is 0.791. The van der Waals surface area contributed by atoms with Crippen molar-refractivity contribution in [3.63, 3.8) is 0 Å². The maximum absolute atomic E-state index is 12.9. The van der Waals surface area contributed by atoms with Crippen LogP contribution in [-0.2, 0) is 20.8 Å². The number of nitrogen functional groups attached to an aromatic ring is 1. The van der Waals surface area contributed by atoms with Crippen LogP contribution in [0.5, 0.6) is 0 Å². The average Bonchev–Trinajstić information content (AvgIpc) is 2.85. The van der Waals surface area contributed by atoms with Crippen molar-refractivity contribution < 1.29 is 22.2 Å². The van der Waals surface area contributed by atoms with Crippen molar-refractivity contribution >= 4 is 33.5 Å². The molecular formula is C27H30N4O5S. The highest BCUT2D eigenvalue weighted by atomic mass is 32.2. The van der Waals surface area contributed by atoms with Gasteiger partial charge in [0.15, 0.2) is 0 Å². The molecule has 0 spiro atoms. The SMILES string of the molecule is CC(C)CNC(=O)c1ccc(-c2ccccc2CNc2ccc(C(=N)N)cc2)c(C(=O)OS(C)(=O)=O)c1. The molecule has 37 heavy (non-hydrogen) atoms. The molecule has 9 nitrogen and oxygen atoms in total. The Morgan fingerprint density at radius 3 is 2.24 bits per heavy atom. The molecule has 0 bridgehead atoms. The van der Waals surface area contributed by atoms with Crippen molar-refractivity contribution in [1.82, 2.24) is 5.32 Å². The molecule has 0 fully saturated rings. The topological polar surface area (TPSA) is 151 Å². The van der Waals surface area contributed by atoms with Gasteiger partial charge in [-0.3, -0.25) is 10.2 Å². The number of carbonyl (C=O) groups is 2. The molecule has 3 rings (SSSR count). The summed E-state index contributed by atoms with van der Waals surface area (Å²) in [4.78, 5) is 25.5. The lowest BCUT2D eigenvalue weighted by atomic mass is 9.93. The summed E-state index contributed by atoms with van der Waals surface area (Å²) in [5.74, 6) is -1.24. The number of hydrogen-bond acceptors (Lipinski definition) is 7. The van der Waals surface area contributed by atoms with Crippen LogP contribution in [0.4, 0.5) is 5.69 Å². The maximum atomic E-state index is 12.9. The largest absolute Gasteiger partial charge is 0.384 e. The van der Waals surface area contributed by atoms with Crippen molar-refractivity contribution in [3.8, 4) is 11.1 Å². The molecule has 3 aromatic rings. The van der Waals surface area contributed by atoms with E-state index in [1.165, 1.54) is 6.07 Å². The predicted octanol–water partition coefficient (Wildman–Crippen LogP) is 3.75. The molecule has 0 heterocycles. The standard InChI is InChI=1S/C27H30N4O5S/c1-17(2)15-31-26(32)19-10-13-23(24(14-19)27(33)36-37(3,34)35)22-7-5-4-6-20(22)16-30-21-11-8-18(9-12-21)25(28)29/h4-14,17,30H,15-16H2,1-3H3,(H3,28,29)(H,31,32). The second-order valence-electron chi connectivity index (χ2n) is 8.94. The Morgan fingerprint density at radius 2 is 1.62 bits per heavy atom. The minimum atomic E-state index is -4.08. The van der Waals surface area contributed by atoms with Gasteiger partial charge >= 0.3 is 16.1 Å². The molecule has 0 aromatic heterocycles. The summed E-state index contributed by atoms with van der Waals surface area (Å²) in [7, 11) is -4.08. The fourth-order valence-corrected chi connectivity index (χ4v) is 3.94. The molecule has 5 N–H and O–H groups in total. The van der Waals surface area contributed by atoms with E-state index in [9.17, 15) is 18.0 Å². The fourth-order valence-electron chi connectivity index (χ4n) is 3.57. The van der Waals surface area contributed by atoms with Gasteiger partial charge in [-0.05, 0) is 59.0 Å². The molecule has 0 radical (unpaired) electrons. The Hall–Kier alpha value is -4.18. The van der Waals surface area contributed by atoms with Gasteiger partial charge in [0.1, 0.15) is 5.84 Å². The summed E-state index contributed by atoms with van der Waals surface area (Å²) < 4.78 is 28.1. The molecule has 0 aliphatic rings. The number of rotatable bonds is 10. The van der Waals surface area contributed by atoms with Crippen LogP contribution in [-0.4, -0.2) is 38.9 Å². The highest BCUT2D eigenvalue weighted by Gasteiger charge is 2.22. The smallest absolute Gasteiger partial charge is 0.354 e. The molecule has 0 aliphatic carbocycles. The molecule has 194 valence electrons. The maximum Gasteiger partial charge on any atom is 0.354 e. The molecule has 0 unspecified atom stereocenters. The van der Waals surface area contributed by atoms with Gasteiger partial charge in [-0.15, -0.1) is 0 Å². The zero-order chi connectivity index (χ0) is 27.2. The van der Waals surface area contributed by atoms with Gasteiger partial charge in [0.25, 0.3) is 5.91 Å². The van der Waals surface area contributed by atoms with Crippen molar-refractivity contribution in [2.24, 2.45) is 11.7 Å². The highest BCUT2D eigenvalue weighted by molar-refractivity contribution is 7.86. The number of anilines is 1. The Morgan fingerprint density at radius 1 is 0.973 bits per heavy atom. The van der Waals surface area contributed by atoms with Crippen molar-refractivity contribution in [3.05, 3.63) is 89.0 Å². The highest BCUT2D eigenvalue weighted by Crippen LogP contribution is 2.30. The van der Waals surface area contributed by atoms with E-state index in [1.54, 1.807) is 48.5 Å². The van der Waals surface area contributed by atoms with Crippen molar-refractivity contribution in [2.45, 2.75) is 20.4 Å². The lowest BCUT2D eigenvalue weighted by molar-refractivity contribution is 0.0749. The quantitative estimate of drug-likeness (QED) is 0.180. The lowest BCUT2D eigenvalue weighted by Crippen LogP contribution is -2.27. The normalized spacial score (nSPS) is 11.1. The van der Waals surface area contributed by atoms with Gasteiger partial charge in [0.05, 0.1) is 11.8 Å². The van der Waals surface area contributed by atoms with Gasteiger partial charge in [0, 0.05) is 29.9 Å². The van der Waals surface area contributed by atoms with Crippen LogP contribution in [0.25, 0.3) is 11.1 Å². The lowest BCUT2D eigenvalue weighted by Gasteiger charge is -2.16. The summed E-state index contributed by atoms with van der Waals surface area (Å²) in [5, 5.41) is 13.6. The van der Waals surface area contributed by atoms with E-state index >= 15 is 0 Å². The molecule has 0 atom stereocenters. The molecule has 3 aromatic carbocycles. The van der Waals surface area contributed by atoms with Crippen LogP contribution in [0.2, 0.25) is 0 Å². The first-order chi connectivity index (χ1) is 17.4. The van der Waals surface area contributed by atoms with Gasteiger partial charge in [0.2, 0.25) is 0 Å². The average molecular weight is 523 g/mol. The van der Waals surface area contributed by atoms with E-state index < -0.39 is 16.1 Å². The van der Waals surface area contributed by atoms with Crippen LogP contribution in [0.3, 0.4) is 0 Å². The van der Waals surface area contributed by atoms with E-state index in [-0.39, 0.29) is 28.8 Å². The number of hydrogen-bond donors (Lipinski definition) is 4. The first kappa shape index (κ1) is 27.4. The Labute approximate surface area is 216 Å². The van der Waals surface area contributed by atoms with E-state index in [1.807, 2.05) is 26.0 Å². The summed E-state index contributed by atoms with van der Waals surface area (Å²) in [6.45, 7) is 4.75. The third-order valence-electron chi connectivity index (χ3n) is 5.39. The first-order valence-electron chi connectivity index (χ1n) is 11.6. The second kappa shape index (κ2) is 11.7. The first-order valence-corrected chi connectivity index (χ1v) is 13.4. The number of carbonyl (C=O) groups excluding carboxylic acids is 2. The second-order valence-corrected chi connectivity index (χ2v) is 10.5. The Balaban J connectivity index is 1.98. The zero-order valence-corrected chi connectivity index (χ0v) is 21.7. The monoisotopic (exact) mass is 522 g/mol. The Kier molecular flexibility index (Phi) is 8.67. The van der Waals surface area contributed by atoms with E-state index in [4.69, 9.17) is 11.1 Å². The molecule has 10 heteroatoms. The van der Waals surface area contributed by atoms with Gasteiger partial charge in [-0.2, -0.15) is 8.42 Å². The van der Waals surface area contributed by atoms with Crippen LogP contribution >= 0.6 is 0 Å².